The van der Waals surface area contributed by atoms with Gasteiger partial charge in [0.25, 0.3) is 5.56 Å². The van der Waals surface area contributed by atoms with Gasteiger partial charge in [0.2, 0.25) is 0 Å². The SMILES string of the molecule is Cc1cc(=O)n(Cc2ccc(F)cc2)cc1I. The normalized spacial score (nSPS) is 10.5. The van der Waals surface area contributed by atoms with Crippen LogP contribution in [-0.4, -0.2) is 4.57 Å². The van der Waals surface area contributed by atoms with E-state index in [0.29, 0.717) is 6.54 Å². The molecule has 2 nitrogen and oxygen atoms in total. The van der Waals surface area contributed by atoms with Crippen LogP contribution >= 0.6 is 22.6 Å². The van der Waals surface area contributed by atoms with E-state index in [2.05, 4.69) is 22.6 Å². The molecular weight excluding hydrogens is 332 g/mol. The highest BCUT2D eigenvalue weighted by Gasteiger charge is 2.02. The largest absolute Gasteiger partial charge is 0.310 e. The van der Waals surface area contributed by atoms with Crippen LogP contribution in [0.5, 0.6) is 0 Å². The van der Waals surface area contributed by atoms with Crippen LogP contribution in [0.2, 0.25) is 0 Å². The first-order valence-corrected chi connectivity index (χ1v) is 6.25. The molecule has 0 aliphatic carbocycles. The second-order valence-electron chi connectivity index (χ2n) is 3.90. The minimum atomic E-state index is -0.264. The van der Waals surface area contributed by atoms with Gasteiger partial charge in [-0.1, -0.05) is 12.1 Å². The van der Waals surface area contributed by atoms with Crippen molar-refractivity contribution in [3.8, 4) is 0 Å². The first-order valence-electron chi connectivity index (χ1n) is 5.17. The summed E-state index contributed by atoms with van der Waals surface area (Å²) in [5.41, 5.74) is 1.85. The molecule has 0 aliphatic rings. The zero-order valence-corrected chi connectivity index (χ0v) is 11.4. The van der Waals surface area contributed by atoms with E-state index >= 15 is 0 Å². The Morgan fingerprint density at radius 1 is 1.29 bits per heavy atom. The van der Waals surface area contributed by atoms with Crippen molar-refractivity contribution < 1.29 is 4.39 Å². The molecule has 1 aromatic heterocycles. The van der Waals surface area contributed by atoms with Crippen molar-refractivity contribution >= 4 is 22.6 Å². The Balaban J connectivity index is 2.33. The summed E-state index contributed by atoms with van der Waals surface area (Å²) in [5.74, 6) is -0.264. The highest BCUT2D eigenvalue weighted by molar-refractivity contribution is 14.1. The summed E-state index contributed by atoms with van der Waals surface area (Å²) in [6, 6.07) is 7.80. The number of pyridine rings is 1. The molecule has 0 amide bonds. The molecule has 0 bridgehead atoms. The van der Waals surface area contributed by atoms with Gasteiger partial charge in [-0.25, -0.2) is 4.39 Å². The molecule has 88 valence electrons. The maximum atomic E-state index is 12.8. The summed E-state index contributed by atoms with van der Waals surface area (Å²) in [4.78, 5) is 11.7. The van der Waals surface area contributed by atoms with Crippen molar-refractivity contribution in [3.05, 3.63) is 67.4 Å². The predicted octanol–water partition coefficient (Wildman–Crippen LogP) is 2.95. The van der Waals surface area contributed by atoms with Crippen LogP contribution in [0, 0.1) is 16.3 Å². The Kier molecular flexibility index (Phi) is 3.61. The molecule has 0 saturated carbocycles. The van der Waals surface area contributed by atoms with E-state index in [-0.39, 0.29) is 11.4 Å². The molecule has 0 spiro atoms. The van der Waals surface area contributed by atoms with Crippen LogP contribution in [0.1, 0.15) is 11.1 Å². The molecule has 0 radical (unpaired) electrons. The second kappa shape index (κ2) is 5.00. The monoisotopic (exact) mass is 343 g/mol. The van der Waals surface area contributed by atoms with Gasteiger partial charge in [0.15, 0.2) is 0 Å². The van der Waals surface area contributed by atoms with Crippen LogP contribution in [0.3, 0.4) is 0 Å². The number of hydrogen-bond donors (Lipinski definition) is 0. The quantitative estimate of drug-likeness (QED) is 0.769. The van der Waals surface area contributed by atoms with Crippen molar-refractivity contribution in [3.63, 3.8) is 0 Å². The Labute approximate surface area is 112 Å². The minimum absolute atomic E-state index is 0.0350. The molecule has 0 fully saturated rings. The highest BCUT2D eigenvalue weighted by Crippen LogP contribution is 2.09. The van der Waals surface area contributed by atoms with E-state index in [1.54, 1.807) is 22.8 Å². The van der Waals surface area contributed by atoms with Crippen molar-refractivity contribution in [1.82, 2.24) is 4.57 Å². The van der Waals surface area contributed by atoms with Gasteiger partial charge in [-0.3, -0.25) is 4.79 Å². The lowest BCUT2D eigenvalue weighted by Gasteiger charge is -2.07. The Morgan fingerprint density at radius 3 is 2.59 bits per heavy atom. The van der Waals surface area contributed by atoms with Crippen LogP contribution in [-0.2, 0) is 6.54 Å². The number of hydrogen-bond acceptors (Lipinski definition) is 1. The van der Waals surface area contributed by atoms with Gasteiger partial charge in [-0.05, 0) is 52.8 Å². The molecule has 0 aliphatic heterocycles. The van der Waals surface area contributed by atoms with Gasteiger partial charge >= 0.3 is 0 Å². The third-order valence-electron chi connectivity index (χ3n) is 2.54. The summed E-state index contributed by atoms with van der Waals surface area (Å²) < 4.78 is 15.4. The number of rotatable bonds is 2. The van der Waals surface area contributed by atoms with Crippen LogP contribution in [0.4, 0.5) is 4.39 Å². The first kappa shape index (κ1) is 12.3. The average molecular weight is 343 g/mol. The van der Waals surface area contributed by atoms with Crippen molar-refractivity contribution in [2.45, 2.75) is 13.5 Å². The Hall–Kier alpha value is -1.17. The molecule has 1 aromatic carbocycles. The second-order valence-corrected chi connectivity index (χ2v) is 5.06. The van der Waals surface area contributed by atoms with E-state index in [1.807, 2.05) is 13.1 Å². The molecule has 0 atom stereocenters. The first-order chi connectivity index (χ1) is 8.06. The van der Waals surface area contributed by atoms with Gasteiger partial charge < -0.3 is 4.57 Å². The molecular formula is C13H11FINO. The van der Waals surface area contributed by atoms with Crippen LogP contribution < -0.4 is 5.56 Å². The van der Waals surface area contributed by atoms with E-state index in [9.17, 15) is 9.18 Å². The van der Waals surface area contributed by atoms with Gasteiger partial charge in [0, 0.05) is 15.8 Å². The fraction of sp³-hybridized carbons (Fsp3) is 0.154. The van der Waals surface area contributed by atoms with Crippen molar-refractivity contribution in [2.24, 2.45) is 0 Å². The molecule has 0 N–H and O–H groups in total. The Morgan fingerprint density at radius 2 is 1.94 bits per heavy atom. The van der Waals surface area contributed by atoms with Crippen LogP contribution in [0.25, 0.3) is 0 Å². The fourth-order valence-electron chi connectivity index (χ4n) is 1.55. The summed E-state index contributed by atoms with van der Waals surface area (Å²) in [6.07, 6.45) is 1.82. The molecule has 2 aromatic rings. The maximum absolute atomic E-state index is 12.8. The average Bonchev–Trinajstić information content (AvgIpc) is 2.29. The number of nitrogens with zero attached hydrogens (tertiary/aromatic N) is 1. The summed E-state index contributed by atoms with van der Waals surface area (Å²) in [7, 11) is 0. The molecule has 2 rings (SSSR count). The van der Waals surface area contributed by atoms with E-state index in [4.69, 9.17) is 0 Å². The molecule has 1 heterocycles. The van der Waals surface area contributed by atoms with Gasteiger partial charge in [-0.15, -0.1) is 0 Å². The zero-order chi connectivity index (χ0) is 12.4. The lowest BCUT2D eigenvalue weighted by Crippen LogP contribution is -2.20. The number of benzene rings is 1. The van der Waals surface area contributed by atoms with E-state index in [1.165, 1.54) is 12.1 Å². The molecule has 0 unspecified atom stereocenters. The third kappa shape index (κ3) is 2.94. The lowest BCUT2D eigenvalue weighted by atomic mass is 10.2. The molecule has 0 saturated heterocycles. The predicted molar refractivity (Wildman–Crippen MR) is 73.7 cm³/mol. The number of aromatic nitrogens is 1. The van der Waals surface area contributed by atoms with Crippen molar-refractivity contribution in [2.75, 3.05) is 0 Å². The fourth-order valence-corrected chi connectivity index (χ4v) is 2.04. The standard InChI is InChI=1S/C13H11FINO/c1-9-6-13(17)16(8-12(9)15)7-10-2-4-11(14)5-3-10/h2-6,8H,7H2,1H3. The minimum Gasteiger partial charge on any atom is -0.310 e. The number of aryl methyl sites for hydroxylation is 1. The van der Waals surface area contributed by atoms with Crippen LogP contribution in [0.15, 0.2) is 41.3 Å². The van der Waals surface area contributed by atoms with E-state index < -0.39 is 0 Å². The molecule has 4 heteroatoms. The topological polar surface area (TPSA) is 22.0 Å². The third-order valence-corrected chi connectivity index (χ3v) is 3.66. The Bertz CT molecular complexity index is 589. The maximum Gasteiger partial charge on any atom is 0.251 e. The highest BCUT2D eigenvalue weighted by atomic mass is 127. The summed E-state index contributed by atoms with van der Waals surface area (Å²) in [5, 5.41) is 0. The van der Waals surface area contributed by atoms with Gasteiger partial charge in [-0.2, -0.15) is 0 Å². The smallest absolute Gasteiger partial charge is 0.251 e. The van der Waals surface area contributed by atoms with E-state index in [0.717, 1.165) is 14.7 Å². The summed E-state index contributed by atoms with van der Waals surface area (Å²) in [6.45, 7) is 2.38. The van der Waals surface area contributed by atoms with Crippen molar-refractivity contribution in [1.29, 1.82) is 0 Å². The molecule has 17 heavy (non-hydrogen) atoms. The zero-order valence-electron chi connectivity index (χ0n) is 9.28. The lowest BCUT2D eigenvalue weighted by molar-refractivity contribution is 0.626. The van der Waals surface area contributed by atoms with Gasteiger partial charge in [0.1, 0.15) is 5.82 Å². The van der Waals surface area contributed by atoms with Gasteiger partial charge in [0.05, 0.1) is 6.54 Å². The summed E-state index contributed by atoms with van der Waals surface area (Å²) >= 11 is 2.19. The number of halogens is 2.